The lowest BCUT2D eigenvalue weighted by molar-refractivity contribution is -0.137. The van der Waals surface area contributed by atoms with Crippen molar-refractivity contribution in [3.8, 4) is 11.3 Å². The Morgan fingerprint density at radius 3 is 2.44 bits per heavy atom. The lowest BCUT2D eigenvalue weighted by Crippen LogP contribution is -2.04. The number of rotatable bonds is 4. The Labute approximate surface area is 140 Å². The molecule has 126 valence electrons. The highest BCUT2D eigenvalue weighted by molar-refractivity contribution is 5.65. The number of nitroso groups, excluding NO2 is 1. The minimum absolute atomic E-state index is 0.224. The summed E-state index contributed by atoms with van der Waals surface area (Å²) >= 11 is 0. The molecule has 1 heterocycles. The molecule has 1 N–H and O–H groups in total. The van der Waals surface area contributed by atoms with Gasteiger partial charge in [-0.05, 0) is 47.6 Å². The molecule has 0 amide bonds. The molecule has 0 fully saturated rings. The Bertz CT molecular complexity index is 895. The summed E-state index contributed by atoms with van der Waals surface area (Å²) in [5.74, 6) is 0.224. The summed E-state index contributed by atoms with van der Waals surface area (Å²) in [6.45, 7) is 0. The predicted octanol–water partition coefficient (Wildman–Crippen LogP) is 5.30. The van der Waals surface area contributed by atoms with Crippen LogP contribution in [0.2, 0.25) is 0 Å². The zero-order chi connectivity index (χ0) is 17.9. The van der Waals surface area contributed by atoms with Crippen molar-refractivity contribution in [3.63, 3.8) is 0 Å². The van der Waals surface area contributed by atoms with Gasteiger partial charge in [-0.3, -0.25) is 0 Å². The molecule has 8 heteroatoms. The van der Waals surface area contributed by atoms with Crippen LogP contribution in [-0.2, 0) is 6.18 Å². The average molecular weight is 344 g/mol. The minimum Gasteiger partial charge on any atom is -0.324 e. The second-order valence-corrected chi connectivity index (χ2v) is 5.11. The summed E-state index contributed by atoms with van der Waals surface area (Å²) in [4.78, 5) is 19.0. The van der Waals surface area contributed by atoms with Crippen LogP contribution in [-0.4, -0.2) is 9.97 Å². The number of anilines is 2. The molecule has 3 aromatic rings. The van der Waals surface area contributed by atoms with Gasteiger partial charge in [0.25, 0.3) is 0 Å². The van der Waals surface area contributed by atoms with Crippen molar-refractivity contribution in [2.75, 3.05) is 5.32 Å². The molecule has 3 rings (SSSR count). The second kappa shape index (κ2) is 6.68. The third-order valence-electron chi connectivity index (χ3n) is 3.37. The molecule has 0 atom stereocenters. The summed E-state index contributed by atoms with van der Waals surface area (Å²) in [6.07, 6.45) is -2.87. The Morgan fingerprint density at radius 2 is 1.76 bits per heavy atom. The largest absolute Gasteiger partial charge is 0.416 e. The van der Waals surface area contributed by atoms with Crippen molar-refractivity contribution in [1.29, 1.82) is 0 Å². The molecule has 0 spiro atoms. The Kier molecular flexibility index (Phi) is 4.42. The van der Waals surface area contributed by atoms with Crippen LogP contribution in [0.15, 0.2) is 66.0 Å². The van der Waals surface area contributed by atoms with Crippen LogP contribution in [0.5, 0.6) is 0 Å². The van der Waals surface area contributed by atoms with Crippen LogP contribution in [0, 0.1) is 4.91 Å². The number of hydrogen-bond donors (Lipinski definition) is 1. The molecule has 25 heavy (non-hydrogen) atoms. The van der Waals surface area contributed by atoms with Crippen molar-refractivity contribution in [2.45, 2.75) is 6.18 Å². The standard InChI is InChI=1S/C17H11F3N4O/c18-17(19,20)12-4-6-13(7-5-12)22-16-21-9-8-15(23-16)11-2-1-3-14(10-11)24-25/h1-10H,(H,21,22,23). The zero-order valence-corrected chi connectivity index (χ0v) is 12.7. The first-order chi connectivity index (χ1) is 12.0. The van der Waals surface area contributed by atoms with Gasteiger partial charge in [-0.25, -0.2) is 9.97 Å². The van der Waals surface area contributed by atoms with Crippen molar-refractivity contribution >= 4 is 17.3 Å². The number of hydrogen-bond acceptors (Lipinski definition) is 5. The smallest absolute Gasteiger partial charge is 0.324 e. The van der Waals surface area contributed by atoms with Gasteiger partial charge in [0.15, 0.2) is 0 Å². The van der Waals surface area contributed by atoms with Crippen molar-refractivity contribution in [3.05, 3.63) is 71.3 Å². The Morgan fingerprint density at radius 1 is 1.00 bits per heavy atom. The van der Waals surface area contributed by atoms with Gasteiger partial charge in [-0.15, -0.1) is 4.91 Å². The van der Waals surface area contributed by atoms with Gasteiger partial charge >= 0.3 is 6.18 Å². The number of aromatic nitrogens is 2. The zero-order valence-electron chi connectivity index (χ0n) is 12.7. The molecule has 0 radical (unpaired) electrons. The highest BCUT2D eigenvalue weighted by Crippen LogP contribution is 2.30. The number of nitrogens with one attached hydrogen (secondary N) is 1. The summed E-state index contributed by atoms with van der Waals surface area (Å²) in [7, 11) is 0. The molecule has 0 saturated heterocycles. The van der Waals surface area contributed by atoms with E-state index in [0.717, 1.165) is 12.1 Å². The molecule has 0 unspecified atom stereocenters. The van der Waals surface area contributed by atoms with Crippen molar-refractivity contribution in [2.24, 2.45) is 5.18 Å². The van der Waals surface area contributed by atoms with Gasteiger partial charge in [-0.2, -0.15) is 13.2 Å². The van der Waals surface area contributed by atoms with Crippen molar-refractivity contribution in [1.82, 2.24) is 9.97 Å². The van der Waals surface area contributed by atoms with Crippen LogP contribution in [0.25, 0.3) is 11.3 Å². The van der Waals surface area contributed by atoms with Gasteiger partial charge in [0.1, 0.15) is 5.69 Å². The first-order valence-corrected chi connectivity index (χ1v) is 7.17. The Hall–Kier alpha value is -3.29. The maximum Gasteiger partial charge on any atom is 0.416 e. The van der Waals surface area contributed by atoms with Crippen LogP contribution < -0.4 is 5.32 Å². The number of halogens is 3. The van der Waals surface area contributed by atoms with E-state index >= 15 is 0 Å². The molecule has 0 saturated carbocycles. The molecular weight excluding hydrogens is 333 g/mol. The number of nitrogens with zero attached hydrogens (tertiary/aromatic N) is 3. The molecule has 2 aromatic carbocycles. The monoisotopic (exact) mass is 344 g/mol. The predicted molar refractivity (Wildman–Crippen MR) is 87.6 cm³/mol. The summed E-state index contributed by atoms with van der Waals surface area (Å²) in [5.41, 5.74) is 1.19. The van der Waals surface area contributed by atoms with Gasteiger partial charge in [0.05, 0.1) is 11.3 Å². The van der Waals surface area contributed by atoms with E-state index in [-0.39, 0.29) is 11.6 Å². The topological polar surface area (TPSA) is 67.2 Å². The quantitative estimate of drug-likeness (QED) is 0.652. The Balaban J connectivity index is 1.83. The van der Waals surface area contributed by atoms with E-state index < -0.39 is 11.7 Å². The molecule has 0 bridgehead atoms. The van der Waals surface area contributed by atoms with Crippen LogP contribution in [0.3, 0.4) is 0 Å². The van der Waals surface area contributed by atoms with Crippen LogP contribution in [0.4, 0.5) is 30.5 Å². The van der Waals surface area contributed by atoms with Crippen LogP contribution in [0.1, 0.15) is 5.56 Å². The van der Waals surface area contributed by atoms with E-state index in [1.54, 1.807) is 30.3 Å². The average Bonchev–Trinajstić information content (AvgIpc) is 2.62. The van der Waals surface area contributed by atoms with Gasteiger partial charge in [0.2, 0.25) is 5.95 Å². The van der Waals surface area contributed by atoms with E-state index in [1.807, 2.05) is 0 Å². The number of alkyl halides is 3. The third-order valence-corrected chi connectivity index (χ3v) is 3.37. The van der Waals surface area contributed by atoms with E-state index in [2.05, 4.69) is 20.5 Å². The highest BCUT2D eigenvalue weighted by atomic mass is 19.4. The lowest BCUT2D eigenvalue weighted by atomic mass is 10.1. The first kappa shape index (κ1) is 16.6. The van der Waals surface area contributed by atoms with E-state index in [4.69, 9.17) is 0 Å². The summed E-state index contributed by atoms with van der Waals surface area (Å²) < 4.78 is 37.7. The fourth-order valence-electron chi connectivity index (χ4n) is 2.17. The molecule has 0 aliphatic heterocycles. The summed E-state index contributed by atoms with van der Waals surface area (Å²) in [5, 5.41) is 5.72. The van der Waals surface area contributed by atoms with Gasteiger partial charge in [0, 0.05) is 17.4 Å². The van der Waals surface area contributed by atoms with E-state index in [0.29, 0.717) is 16.9 Å². The maximum atomic E-state index is 12.6. The van der Waals surface area contributed by atoms with Crippen molar-refractivity contribution < 1.29 is 13.2 Å². The molecule has 0 aliphatic carbocycles. The second-order valence-electron chi connectivity index (χ2n) is 5.11. The number of benzene rings is 2. The summed E-state index contributed by atoms with van der Waals surface area (Å²) in [6, 6.07) is 12.8. The fourth-order valence-corrected chi connectivity index (χ4v) is 2.17. The minimum atomic E-state index is -4.38. The highest BCUT2D eigenvalue weighted by Gasteiger charge is 2.29. The van der Waals surface area contributed by atoms with E-state index in [9.17, 15) is 18.1 Å². The molecular formula is C17H11F3N4O. The first-order valence-electron chi connectivity index (χ1n) is 7.17. The SMILES string of the molecule is O=Nc1cccc(-c2ccnc(Nc3ccc(C(F)(F)F)cc3)n2)c1. The maximum absolute atomic E-state index is 12.6. The van der Waals surface area contributed by atoms with Gasteiger partial charge < -0.3 is 5.32 Å². The molecule has 1 aromatic heterocycles. The fraction of sp³-hybridized carbons (Fsp3) is 0.0588. The molecule has 0 aliphatic rings. The lowest BCUT2D eigenvalue weighted by Gasteiger charge is -2.09. The van der Waals surface area contributed by atoms with Crippen LogP contribution >= 0.6 is 0 Å². The molecule has 5 nitrogen and oxygen atoms in total. The third kappa shape index (κ3) is 3.97. The normalized spacial score (nSPS) is 11.2. The van der Waals surface area contributed by atoms with E-state index in [1.165, 1.54) is 18.3 Å². The van der Waals surface area contributed by atoms with Gasteiger partial charge in [-0.1, -0.05) is 12.1 Å².